The van der Waals surface area contributed by atoms with Gasteiger partial charge in [-0.15, -0.1) is 0 Å². The summed E-state index contributed by atoms with van der Waals surface area (Å²) in [5, 5.41) is 32.5. The van der Waals surface area contributed by atoms with Crippen LogP contribution in [0.25, 0.3) is 0 Å². The van der Waals surface area contributed by atoms with Gasteiger partial charge in [-0.25, -0.2) is 9.59 Å². The summed E-state index contributed by atoms with van der Waals surface area (Å²) in [6.45, 7) is 5.29. The lowest BCUT2D eigenvalue weighted by Gasteiger charge is -2.26. The maximum atomic E-state index is 12.4. The van der Waals surface area contributed by atoms with Crippen LogP contribution in [0.2, 0.25) is 0 Å². The predicted octanol–water partition coefficient (Wildman–Crippen LogP) is -0.488. The van der Waals surface area contributed by atoms with Crippen LogP contribution < -0.4 is 10.6 Å². The number of nitrogens with two attached hydrogens (primary N) is 1. The summed E-state index contributed by atoms with van der Waals surface area (Å²) in [6.07, 6.45) is -3.22. The number of carboxylic acids is 2. The highest BCUT2D eigenvalue weighted by Gasteiger charge is 2.31. The number of benzene rings is 1. The van der Waals surface area contributed by atoms with Crippen LogP contribution in [0.5, 0.6) is 0 Å². The van der Waals surface area contributed by atoms with Crippen molar-refractivity contribution >= 4 is 29.5 Å². The molecule has 11 nitrogen and oxygen atoms in total. The Bertz CT molecular complexity index is 801. The maximum Gasteiger partial charge on any atom is 0.335 e. The molecule has 3 atom stereocenters. The smallest absolute Gasteiger partial charge is 0.335 e. The number of para-hydroxylation sites is 1. The molecule has 2 rings (SSSR count). The normalized spacial score (nSPS) is 17.9. The number of carbonyl (C=O) groups is 4. The summed E-state index contributed by atoms with van der Waals surface area (Å²) >= 11 is 0. The number of aliphatic carboxylic acids is 2. The maximum absolute atomic E-state index is 12.4. The molecule has 0 bridgehead atoms. The van der Waals surface area contributed by atoms with Crippen LogP contribution in [0.4, 0.5) is 5.69 Å². The van der Waals surface area contributed by atoms with Crippen molar-refractivity contribution in [2.24, 2.45) is 5.73 Å². The van der Waals surface area contributed by atoms with E-state index in [1.54, 1.807) is 20.8 Å². The highest BCUT2D eigenvalue weighted by molar-refractivity contribution is 6.01. The molecular formula is C20H28N2O9. The lowest BCUT2D eigenvalue weighted by Crippen LogP contribution is -2.46. The number of amides is 1. The van der Waals surface area contributed by atoms with E-state index in [-0.39, 0.29) is 12.5 Å². The summed E-state index contributed by atoms with van der Waals surface area (Å²) in [5.41, 5.74) is 7.11. The van der Waals surface area contributed by atoms with Crippen molar-refractivity contribution in [1.82, 2.24) is 0 Å². The summed E-state index contributed by atoms with van der Waals surface area (Å²) in [7, 11) is 0. The van der Waals surface area contributed by atoms with Crippen molar-refractivity contribution in [1.29, 1.82) is 0 Å². The van der Waals surface area contributed by atoms with Crippen LogP contribution in [0.15, 0.2) is 24.3 Å². The minimum atomic E-state index is -2.27. The van der Waals surface area contributed by atoms with E-state index < -0.39 is 41.8 Å². The number of esters is 1. The van der Waals surface area contributed by atoms with Gasteiger partial charge in [0.25, 0.3) is 0 Å². The van der Waals surface area contributed by atoms with E-state index in [1.807, 2.05) is 24.3 Å². The molecule has 0 aliphatic carbocycles. The van der Waals surface area contributed by atoms with Gasteiger partial charge in [-0.05, 0) is 45.2 Å². The molecule has 0 spiro atoms. The first-order chi connectivity index (χ1) is 14.2. The Morgan fingerprint density at radius 3 is 2.13 bits per heavy atom. The van der Waals surface area contributed by atoms with Crippen LogP contribution in [0.3, 0.4) is 0 Å². The molecule has 1 aliphatic heterocycles. The molecule has 172 valence electrons. The standard InChI is InChI=1S/C16H22N2O3.C4H6O6/c1-16(2,3)21-14(19)10-18-13-7-5-4-6-11(13)8-9-12(17)15(18)20;5-1(3(7)8)2(6)4(9)10/h4-7,12H,8-10,17H2,1-3H3;1-2,5-6H,(H,7,8)(H,9,10)/t;1-,2-/m.1/s1. The Hall–Kier alpha value is -3.02. The average Bonchev–Trinajstić information content (AvgIpc) is 2.78. The Balaban J connectivity index is 0.000000407. The van der Waals surface area contributed by atoms with Crippen molar-refractivity contribution in [2.45, 2.75) is 57.5 Å². The molecule has 0 radical (unpaired) electrons. The number of aliphatic hydroxyl groups excluding tert-OH is 2. The number of ether oxygens (including phenoxy) is 1. The molecule has 1 unspecified atom stereocenters. The third-order valence-corrected chi connectivity index (χ3v) is 4.10. The van der Waals surface area contributed by atoms with Gasteiger partial charge in [0, 0.05) is 5.69 Å². The summed E-state index contributed by atoms with van der Waals surface area (Å²) in [4.78, 5) is 45.4. The molecule has 1 aromatic rings. The van der Waals surface area contributed by atoms with E-state index in [2.05, 4.69) is 0 Å². The number of carbonyl (C=O) groups excluding carboxylic acids is 2. The van der Waals surface area contributed by atoms with Gasteiger partial charge in [0.1, 0.15) is 12.1 Å². The molecular weight excluding hydrogens is 412 g/mol. The summed E-state index contributed by atoms with van der Waals surface area (Å²) < 4.78 is 5.31. The highest BCUT2D eigenvalue weighted by Crippen LogP contribution is 2.26. The zero-order valence-corrected chi connectivity index (χ0v) is 17.5. The van der Waals surface area contributed by atoms with Gasteiger partial charge in [-0.2, -0.15) is 0 Å². The van der Waals surface area contributed by atoms with Gasteiger partial charge < -0.3 is 30.9 Å². The first-order valence-corrected chi connectivity index (χ1v) is 9.43. The number of nitrogens with zero attached hydrogens (tertiary/aromatic N) is 1. The van der Waals surface area contributed by atoms with E-state index in [0.29, 0.717) is 6.42 Å². The number of aryl methyl sites for hydroxylation is 1. The van der Waals surface area contributed by atoms with Crippen molar-refractivity contribution in [3.05, 3.63) is 29.8 Å². The largest absolute Gasteiger partial charge is 0.479 e. The fraction of sp³-hybridized carbons (Fsp3) is 0.500. The van der Waals surface area contributed by atoms with Gasteiger partial charge in [0.2, 0.25) is 5.91 Å². The fourth-order valence-corrected chi connectivity index (χ4v) is 2.67. The first-order valence-electron chi connectivity index (χ1n) is 9.43. The van der Waals surface area contributed by atoms with Crippen LogP contribution >= 0.6 is 0 Å². The van der Waals surface area contributed by atoms with Gasteiger partial charge in [-0.3, -0.25) is 14.5 Å². The van der Waals surface area contributed by atoms with E-state index in [9.17, 15) is 19.2 Å². The predicted molar refractivity (Wildman–Crippen MR) is 108 cm³/mol. The Kier molecular flexibility index (Phi) is 9.10. The summed E-state index contributed by atoms with van der Waals surface area (Å²) in [6, 6.07) is 7.00. The molecule has 6 N–H and O–H groups in total. The zero-order valence-electron chi connectivity index (χ0n) is 17.5. The monoisotopic (exact) mass is 440 g/mol. The van der Waals surface area contributed by atoms with E-state index in [1.165, 1.54) is 4.90 Å². The Morgan fingerprint density at radius 1 is 1.13 bits per heavy atom. The number of hydrogen-bond acceptors (Lipinski definition) is 8. The van der Waals surface area contributed by atoms with Crippen molar-refractivity contribution < 1.29 is 44.3 Å². The first kappa shape index (κ1) is 26.0. The second-order valence-electron chi connectivity index (χ2n) is 7.85. The quantitative estimate of drug-likeness (QED) is 0.374. The molecule has 0 saturated carbocycles. The highest BCUT2D eigenvalue weighted by atomic mass is 16.6. The molecule has 11 heteroatoms. The lowest BCUT2D eigenvalue weighted by molar-refractivity contribution is -0.165. The second kappa shape index (κ2) is 10.8. The van der Waals surface area contributed by atoms with Crippen LogP contribution in [0, 0.1) is 0 Å². The van der Waals surface area contributed by atoms with Crippen molar-refractivity contribution in [3.8, 4) is 0 Å². The third kappa shape index (κ3) is 7.96. The van der Waals surface area contributed by atoms with E-state index >= 15 is 0 Å². The minimum absolute atomic E-state index is 0.110. The molecule has 0 fully saturated rings. The SMILES string of the molecule is CC(C)(C)OC(=O)CN1C(=O)C(N)CCc2ccccc21.O=C(O)[C@H](O)[C@@H](O)C(=O)O. The van der Waals surface area contributed by atoms with Crippen LogP contribution in [0.1, 0.15) is 32.8 Å². The number of carboxylic acid groups (broad SMARTS) is 2. The molecule has 0 aromatic heterocycles. The molecule has 1 aromatic carbocycles. The fourth-order valence-electron chi connectivity index (χ4n) is 2.67. The van der Waals surface area contributed by atoms with Gasteiger partial charge in [-0.1, -0.05) is 18.2 Å². The number of rotatable bonds is 5. The third-order valence-electron chi connectivity index (χ3n) is 4.10. The van der Waals surface area contributed by atoms with E-state index in [0.717, 1.165) is 17.7 Å². The minimum Gasteiger partial charge on any atom is -0.479 e. The van der Waals surface area contributed by atoms with Crippen molar-refractivity contribution in [2.75, 3.05) is 11.4 Å². The number of fused-ring (bicyclic) bond motifs is 1. The van der Waals surface area contributed by atoms with Gasteiger partial charge in [0.05, 0.1) is 6.04 Å². The number of hydrogen-bond donors (Lipinski definition) is 5. The number of aliphatic hydroxyl groups is 2. The zero-order chi connectivity index (χ0) is 23.9. The average molecular weight is 440 g/mol. The Morgan fingerprint density at radius 2 is 1.65 bits per heavy atom. The Labute approximate surface area is 179 Å². The molecule has 0 saturated heterocycles. The van der Waals surface area contributed by atoms with Crippen LogP contribution in [-0.2, 0) is 30.3 Å². The van der Waals surface area contributed by atoms with E-state index in [4.69, 9.17) is 30.9 Å². The van der Waals surface area contributed by atoms with Crippen molar-refractivity contribution in [3.63, 3.8) is 0 Å². The topological polar surface area (TPSA) is 188 Å². The van der Waals surface area contributed by atoms with Gasteiger partial charge >= 0.3 is 17.9 Å². The molecule has 31 heavy (non-hydrogen) atoms. The number of anilines is 1. The van der Waals surface area contributed by atoms with Crippen LogP contribution in [-0.4, -0.2) is 74.6 Å². The second-order valence-corrected chi connectivity index (χ2v) is 7.85. The van der Waals surface area contributed by atoms with Gasteiger partial charge in [0.15, 0.2) is 12.2 Å². The molecule has 1 aliphatic rings. The summed E-state index contributed by atoms with van der Waals surface area (Å²) in [5.74, 6) is -4.20. The molecule has 1 heterocycles. The lowest BCUT2D eigenvalue weighted by atomic mass is 10.1. The molecule has 1 amide bonds.